The van der Waals surface area contributed by atoms with Crippen molar-refractivity contribution in [2.45, 2.75) is 13.1 Å². The molecule has 1 aliphatic rings. The molecule has 0 saturated carbocycles. The summed E-state index contributed by atoms with van der Waals surface area (Å²) in [6.07, 6.45) is -1.59. The molecule has 2 aromatic heterocycles. The number of ether oxygens (including phenoxy) is 1. The number of nitrogens with two attached hydrogens (primary N) is 1. The molecule has 5 N–H and O–H groups in total. The van der Waals surface area contributed by atoms with E-state index in [0.717, 1.165) is 35.7 Å². The molecule has 15 heteroatoms. The number of carboxylic acid groups (broad SMARTS) is 1. The zero-order chi connectivity index (χ0) is 30.3. The molecule has 220 valence electrons. The lowest BCUT2D eigenvalue weighted by atomic mass is 10.1. The Bertz CT molecular complexity index is 1540. The van der Waals surface area contributed by atoms with Gasteiger partial charge in [0.15, 0.2) is 0 Å². The highest BCUT2D eigenvalue weighted by atomic mass is 19.4. The van der Waals surface area contributed by atoms with Crippen LogP contribution in [0, 0.1) is 6.92 Å². The molecule has 0 atom stereocenters. The Kier molecular flexibility index (Phi) is 9.22. The molecule has 0 spiro atoms. The van der Waals surface area contributed by atoms with E-state index in [4.69, 9.17) is 20.4 Å². The van der Waals surface area contributed by atoms with E-state index in [1.54, 1.807) is 29.3 Å². The summed E-state index contributed by atoms with van der Waals surface area (Å²) in [6, 6.07) is 16.9. The van der Waals surface area contributed by atoms with Gasteiger partial charge in [0, 0.05) is 36.7 Å². The Hall–Kier alpha value is -5.18. The van der Waals surface area contributed by atoms with Crippen molar-refractivity contribution in [3.05, 3.63) is 78.2 Å². The van der Waals surface area contributed by atoms with Crippen LogP contribution in [0.2, 0.25) is 0 Å². The second-order valence-corrected chi connectivity index (χ2v) is 8.98. The number of nitrogens with one attached hydrogen (secondary N) is 2. The molecule has 5 rings (SSSR count). The fourth-order valence-electron chi connectivity index (χ4n) is 3.81. The maximum absolute atomic E-state index is 11.8. The van der Waals surface area contributed by atoms with Gasteiger partial charge in [-0.25, -0.2) is 14.5 Å². The first-order chi connectivity index (χ1) is 20.0. The van der Waals surface area contributed by atoms with Crippen molar-refractivity contribution in [3.8, 4) is 5.69 Å². The van der Waals surface area contributed by atoms with Gasteiger partial charge in [0.05, 0.1) is 30.2 Å². The number of anilines is 5. The molecule has 0 radical (unpaired) electrons. The Morgan fingerprint density at radius 2 is 1.67 bits per heavy atom. The van der Waals surface area contributed by atoms with Crippen molar-refractivity contribution in [2.75, 3.05) is 41.8 Å². The molecule has 0 aliphatic carbocycles. The van der Waals surface area contributed by atoms with E-state index in [9.17, 15) is 18.0 Å². The summed E-state index contributed by atoms with van der Waals surface area (Å²) in [7, 11) is 0. The predicted molar refractivity (Wildman–Crippen MR) is 149 cm³/mol. The zero-order valence-electron chi connectivity index (χ0n) is 22.3. The Morgan fingerprint density at radius 1 is 1.00 bits per heavy atom. The zero-order valence-corrected chi connectivity index (χ0v) is 22.3. The van der Waals surface area contributed by atoms with Gasteiger partial charge in [-0.05, 0) is 48.9 Å². The molecule has 0 bridgehead atoms. The monoisotopic (exact) mass is 584 g/mol. The largest absolute Gasteiger partial charge is 0.490 e. The molecule has 1 fully saturated rings. The van der Waals surface area contributed by atoms with Gasteiger partial charge in [-0.15, -0.1) is 5.10 Å². The van der Waals surface area contributed by atoms with Gasteiger partial charge in [0.2, 0.25) is 5.95 Å². The van der Waals surface area contributed by atoms with E-state index in [1.165, 1.54) is 0 Å². The quantitative estimate of drug-likeness (QED) is 0.250. The van der Waals surface area contributed by atoms with Crippen molar-refractivity contribution in [3.63, 3.8) is 0 Å². The third-order valence-corrected chi connectivity index (χ3v) is 5.99. The number of carbonyl (C=O) groups is 2. The molecule has 3 heterocycles. The van der Waals surface area contributed by atoms with Crippen LogP contribution in [-0.2, 0) is 9.53 Å². The summed E-state index contributed by atoms with van der Waals surface area (Å²) in [6.45, 7) is 4.92. The lowest BCUT2D eigenvalue weighted by Crippen LogP contribution is -2.37. The van der Waals surface area contributed by atoms with Gasteiger partial charge in [-0.2, -0.15) is 18.2 Å². The maximum atomic E-state index is 11.8. The molecule has 0 unspecified atom stereocenters. The predicted octanol–water partition coefficient (Wildman–Crippen LogP) is 4.03. The average Bonchev–Trinajstić information content (AvgIpc) is 3.46. The van der Waals surface area contributed by atoms with Crippen LogP contribution in [0.4, 0.5) is 42.0 Å². The van der Waals surface area contributed by atoms with Gasteiger partial charge in [0.25, 0.3) is 5.91 Å². The number of nitrogens with zero attached hydrogens (tertiary/aromatic N) is 5. The number of halogens is 3. The molecule has 4 aromatic rings. The van der Waals surface area contributed by atoms with Crippen LogP contribution >= 0.6 is 0 Å². The van der Waals surface area contributed by atoms with E-state index in [1.807, 2.05) is 49.4 Å². The highest BCUT2D eigenvalue weighted by Crippen LogP contribution is 2.26. The van der Waals surface area contributed by atoms with Crippen molar-refractivity contribution >= 4 is 40.7 Å². The first kappa shape index (κ1) is 29.8. The maximum Gasteiger partial charge on any atom is 0.490 e. The summed E-state index contributed by atoms with van der Waals surface area (Å²) in [5, 5.41) is 18.3. The SMILES string of the molecule is Cc1cnc(Nc2ccc(-n3cnc(N4CCOCC4)n3)cc2)cc1Nc1ccccc1C(N)=O.O=C(O)C(F)(F)F. The van der Waals surface area contributed by atoms with Gasteiger partial charge in [0.1, 0.15) is 12.1 Å². The molecule has 1 aliphatic heterocycles. The second kappa shape index (κ2) is 13.0. The van der Waals surface area contributed by atoms with Crippen molar-refractivity contribution in [1.82, 2.24) is 19.7 Å². The second-order valence-electron chi connectivity index (χ2n) is 8.98. The lowest BCUT2D eigenvalue weighted by Gasteiger charge is -2.25. The van der Waals surface area contributed by atoms with Crippen LogP contribution in [0.25, 0.3) is 5.69 Å². The molecular weight excluding hydrogens is 557 g/mol. The number of aromatic nitrogens is 4. The Morgan fingerprint density at radius 3 is 2.31 bits per heavy atom. The average molecular weight is 585 g/mol. The van der Waals surface area contributed by atoms with Crippen LogP contribution in [0.5, 0.6) is 0 Å². The van der Waals surface area contributed by atoms with E-state index >= 15 is 0 Å². The number of carboxylic acids is 1. The standard InChI is InChI=1S/C25H26N8O2.C2HF3O2/c1-17-15-27-23(14-22(17)30-21-5-3-2-4-20(21)24(26)34)29-18-6-8-19(9-7-18)33-16-28-25(31-33)32-10-12-35-13-11-32;3-2(4,5)1(6)7/h2-9,14-16H,10-13H2,1H3,(H2,26,34)(H2,27,29,30);(H,6,7). The summed E-state index contributed by atoms with van der Waals surface area (Å²) < 4.78 is 38.9. The van der Waals surface area contributed by atoms with Gasteiger partial charge in [-0.3, -0.25) is 4.79 Å². The first-order valence-corrected chi connectivity index (χ1v) is 12.6. The van der Waals surface area contributed by atoms with E-state index in [-0.39, 0.29) is 0 Å². The molecule has 1 amide bonds. The number of hydrogen-bond donors (Lipinski definition) is 4. The summed E-state index contributed by atoms with van der Waals surface area (Å²) in [5.41, 5.74) is 10.1. The van der Waals surface area contributed by atoms with Crippen molar-refractivity contribution < 1.29 is 32.6 Å². The number of aryl methyl sites for hydroxylation is 1. The number of para-hydroxylation sites is 1. The third kappa shape index (κ3) is 7.72. The number of hydrogen-bond acceptors (Lipinski definition) is 9. The van der Waals surface area contributed by atoms with Gasteiger partial charge in [-0.1, -0.05) is 12.1 Å². The van der Waals surface area contributed by atoms with Crippen LogP contribution in [0.1, 0.15) is 15.9 Å². The van der Waals surface area contributed by atoms with Crippen LogP contribution in [-0.4, -0.2) is 69.2 Å². The molecular formula is C27H27F3N8O4. The van der Waals surface area contributed by atoms with E-state index in [2.05, 4.69) is 30.6 Å². The number of amides is 1. The number of benzene rings is 2. The fraction of sp³-hybridized carbons (Fsp3) is 0.222. The van der Waals surface area contributed by atoms with Crippen LogP contribution < -0.4 is 21.3 Å². The smallest absolute Gasteiger partial charge is 0.475 e. The summed E-state index contributed by atoms with van der Waals surface area (Å²) in [4.78, 5) is 31.7. The fourth-order valence-corrected chi connectivity index (χ4v) is 3.81. The Labute approximate surface area is 237 Å². The topological polar surface area (TPSA) is 161 Å². The van der Waals surface area contributed by atoms with Crippen molar-refractivity contribution in [1.29, 1.82) is 0 Å². The highest BCUT2D eigenvalue weighted by Gasteiger charge is 2.38. The minimum Gasteiger partial charge on any atom is -0.475 e. The molecule has 12 nitrogen and oxygen atoms in total. The minimum absolute atomic E-state index is 0.429. The molecule has 42 heavy (non-hydrogen) atoms. The molecule has 1 saturated heterocycles. The van der Waals surface area contributed by atoms with Gasteiger partial charge < -0.3 is 31.1 Å². The number of rotatable bonds is 7. The highest BCUT2D eigenvalue weighted by molar-refractivity contribution is 5.99. The number of carbonyl (C=O) groups excluding carboxylic acids is 1. The normalized spacial score (nSPS) is 13.1. The number of alkyl halides is 3. The Balaban J connectivity index is 0.000000517. The summed E-state index contributed by atoms with van der Waals surface area (Å²) in [5.74, 6) is -1.87. The number of aliphatic carboxylic acids is 1. The van der Waals surface area contributed by atoms with Crippen molar-refractivity contribution in [2.24, 2.45) is 5.73 Å². The number of pyridine rings is 1. The van der Waals surface area contributed by atoms with Crippen LogP contribution in [0.3, 0.4) is 0 Å². The summed E-state index contributed by atoms with van der Waals surface area (Å²) >= 11 is 0. The lowest BCUT2D eigenvalue weighted by molar-refractivity contribution is -0.192. The molecule has 2 aromatic carbocycles. The third-order valence-electron chi connectivity index (χ3n) is 5.99. The number of morpholine rings is 1. The number of primary amides is 1. The van der Waals surface area contributed by atoms with Crippen LogP contribution in [0.15, 0.2) is 67.1 Å². The van der Waals surface area contributed by atoms with Gasteiger partial charge >= 0.3 is 12.1 Å². The van der Waals surface area contributed by atoms with E-state index < -0.39 is 18.1 Å². The minimum atomic E-state index is -5.08. The van der Waals surface area contributed by atoms with E-state index in [0.29, 0.717) is 36.2 Å². The first-order valence-electron chi connectivity index (χ1n) is 12.6.